The van der Waals surface area contributed by atoms with E-state index in [1.165, 1.54) is 108 Å². The molecule has 6 aromatic heterocycles. The van der Waals surface area contributed by atoms with Gasteiger partial charge in [-0.3, -0.25) is 4.57 Å². The molecule has 6 rings (SSSR count). The van der Waals surface area contributed by atoms with Crippen molar-refractivity contribution < 1.29 is 14.4 Å². The molecule has 250 valence electrons. The van der Waals surface area contributed by atoms with Gasteiger partial charge in [0.2, 0.25) is 0 Å². The Hall–Kier alpha value is -2.16. The number of hydrogen-bond acceptors (Lipinski definition) is 8. The van der Waals surface area contributed by atoms with Gasteiger partial charge in [-0.2, -0.15) is 5.26 Å². The predicted octanol–water partition coefficient (Wildman–Crippen LogP) is 13.3. The molecule has 0 fully saturated rings. The number of hydrogen-bond donors (Lipinski definition) is 2. The van der Waals surface area contributed by atoms with Gasteiger partial charge in [0, 0.05) is 48.8 Å². The van der Waals surface area contributed by atoms with Gasteiger partial charge in [-0.25, -0.2) is 0 Å². The molecule has 0 saturated carbocycles. The zero-order valence-corrected chi connectivity index (χ0v) is 32.8. The molecule has 0 unspecified atom stereocenters. The quantitative estimate of drug-likeness (QED) is 0.0759. The van der Waals surface area contributed by atoms with Crippen molar-refractivity contribution in [2.24, 2.45) is 0 Å². The number of nitrogens with zero attached hydrogens (tertiary/aromatic N) is 1. The molecule has 48 heavy (non-hydrogen) atoms. The minimum absolute atomic E-state index is 0.113. The van der Waals surface area contributed by atoms with Crippen LogP contribution in [0.3, 0.4) is 0 Å². The normalized spacial score (nSPS) is 11.8. The van der Waals surface area contributed by atoms with Crippen LogP contribution in [0.4, 0.5) is 0 Å². The summed E-state index contributed by atoms with van der Waals surface area (Å²) in [6.07, 6.45) is 11.9. The molecule has 0 atom stereocenters. The van der Waals surface area contributed by atoms with E-state index >= 15 is 0 Å². The Balaban J connectivity index is 1.34. The molecular formula is C37H38NO3PS6. The summed E-state index contributed by atoms with van der Waals surface area (Å²) in [5.41, 5.74) is 2.82. The van der Waals surface area contributed by atoms with Crippen molar-refractivity contribution in [2.75, 3.05) is 0 Å². The maximum atomic E-state index is 11.8. The van der Waals surface area contributed by atoms with Gasteiger partial charge in [-0.1, -0.05) is 52.4 Å². The number of unbranched alkanes of at least 4 members (excludes halogenated alkanes) is 6. The first-order chi connectivity index (χ1) is 23.3. The van der Waals surface area contributed by atoms with Crippen LogP contribution < -0.4 is 4.62 Å². The van der Waals surface area contributed by atoms with Gasteiger partial charge in [0.05, 0.1) is 0 Å². The molecule has 0 aliphatic carbocycles. The number of nitriles is 1. The van der Waals surface area contributed by atoms with Crippen LogP contribution in [0, 0.1) is 11.3 Å². The fourth-order valence-corrected chi connectivity index (χ4v) is 13.3. The molecule has 6 aromatic rings. The van der Waals surface area contributed by atoms with E-state index in [1.54, 1.807) is 28.7 Å². The Morgan fingerprint density at radius 3 is 1.48 bits per heavy atom. The van der Waals surface area contributed by atoms with Gasteiger partial charge in [0.15, 0.2) is 0 Å². The molecule has 2 N–H and O–H groups in total. The van der Waals surface area contributed by atoms with E-state index in [9.17, 15) is 19.6 Å². The monoisotopic (exact) mass is 767 g/mol. The van der Waals surface area contributed by atoms with Crippen molar-refractivity contribution in [3.05, 3.63) is 76.7 Å². The summed E-state index contributed by atoms with van der Waals surface area (Å²) >= 11 is 10.1. The highest BCUT2D eigenvalue weighted by atomic mass is 32.1. The highest BCUT2D eigenvalue weighted by Gasteiger charge is 2.22. The molecule has 6 heterocycles. The lowest BCUT2D eigenvalue weighted by atomic mass is 10.0. The van der Waals surface area contributed by atoms with Crippen molar-refractivity contribution in [3.63, 3.8) is 0 Å². The first-order valence-corrected chi connectivity index (χ1v) is 22.9. The Kier molecular flexibility index (Phi) is 12.1. The molecular weight excluding hydrogens is 730 g/mol. The maximum absolute atomic E-state index is 11.8. The topological polar surface area (TPSA) is 81.3 Å². The van der Waals surface area contributed by atoms with Crippen LogP contribution in [0.5, 0.6) is 0 Å². The Morgan fingerprint density at radius 1 is 0.562 bits per heavy atom. The van der Waals surface area contributed by atoms with Crippen LogP contribution in [-0.4, -0.2) is 9.79 Å². The molecule has 0 bridgehead atoms. The summed E-state index contributed by atoms with van der Waals surface area (Å²) in [6, 6.07) is 23.2. The molecule has 0 radical (unpaired) electrons. The number of thiophene rings is 6. The van der Waals surface area contributed by atoms with Crippen LogP contribution in [0.15, 0.2) is 60.7 Å². The van der Waals surface area contributed by atoms with Crippen molar-refractivity contribution >= 4 is 80.2 Å². The van der Waals surface area contributed by atoms with Crippen molar-refractivity contribution in [3.8, 4) is 54.8 Å². The van der Waals surface area contributed by atoms with Crippen molar-refractivity contribution in [2.45, 2.75) is 78.1 Å². The van der Waals surface area contributed by atoms with Crippen LogP contribution in [0.2, 0.25) is 0 Å². The Bertz CT molecular complexity index is 2060. The molecule has 0 amide bonds. The fraction of sp³-hybridized carbons (Fsp3) is 0.324. The molecule has 0 aliphatic heterocycles. The summed E-state index contributed by atoms with van der Waals surface area (Å²) in [5.74, 6) is 0. The summed E-state index contributed by atoms with van der Waals surface area (Å²) in [6.45, 7) is 4.51. The largest absolute Gasteiger partial charge is 0.366 e. The molecule has 11 heteroatoms. The smallest absolute Gasteiger partial charge is 0.320 e. The first-order valence-electron chi connectivity index (χ1n) is 16.4. The second kappa shape index (κ2) is 16.2. The average molecular weight is 768 g/mol. The zero-order chi connectivity index (χ0) is 33.7. The van der Waals surface area contributed by atoms with Gasteiger partial charge < -0.3 is 9.79 Å². The van der Waals surface area contributed by atoms with Gasteiger partial charge in [0.1, 0.15) is 15.6 Å². The predicted molar refractivity (Wildman–Crippen MR) is 213 cm³/mol. The lowest BCUT2D eigenvalue weighted by Crippen LogP contribution is -1.94. The van der Waals surface area contributed by atoms with Crippen LogP contribution in [0.25, 0.3) is 48.8 Å². The van der Waals surface area contributed by atoms with Gasteiger partial charge in [0.25, 0.3) is 0 Å². The minimum atomic E-state index is -4.26. The first kappa shape index (κ1) is 35.7. The SMILES string of the molecule is CCCCCCc1cc(-c2cc(CCCCCC)c(-c3ccc(-c4ccc(P(=O)(O)O)s4)s3)s2)sc1-c1ccc(-c2ccc(C#N)s2)s1. The highest BCUT2D eigenvalue weighted by Crippen LogP contribution is 2.49. The molecule has 0 aliphatic rings. The maximum Gasteiger partial charge on any atom is 0.366 e. The van der Waals surface area contributed by atoms with E-state index in [0.717, 1.165) is 32.4 Å². The minimum Gasteiger partial charge on any atom is -0.320 e. The zero-order valence-electron chi connectivity index (χ0n) is 27.0. The van der Waals surface area contributed by atoms with E-state index in [-0.39, 0.29) is 4.62 Å². The third-order valence-corrected chi connectivity index (χ3v) is 17.3. The third-order valence-electron chi connectivity index (χ3n) is 8.20. The Morgan fingerprint density at radius 2 is 1.02 bits per heavy atom. The lowest BCUT2D eigenvalue weighted by Gasteiger charge is -2.02. The van der Waals surface area contributed by atoms with Crippen LogP contribution in [0.1, 0.15) is 81.2 Å². The molecule has 4 nitrogen and oxygen atoms in total. The van der Waals surface area contributed by atoms with E-state index in [4.69, 9.17) is 0 Å². The van der Waals surface area contributed by atoms with Gasteiger partial charge in [-0.05, 0) is 97.5 Å². The number of rotatable bonds is 16. The average Bonchev–Trinajstić information content (AvgIpc) is 3.91. The van der Waals surface area contributed by atoms with E-state index in [0.29, 0.717) is 0 Å². The van der Waals surface area contributed by atoms with E-state index in [1.807, 2.05) is 46.1 Å². The second-order valence-corrected chi connectivity index (χ2v) is 20.1. The Labute approximate surface area is 307 Å². The van der Waals surface area contributed by atoms with Crippen LogP contribution in [-0.2, 0) is 17.4 Å². The van der Waals surface area contributed by atoms with Gasteiger partial charge >= 0.3 is 7.60 Å². The fourth-order valence-electron chi connectivity index (χ4n) is 5.71. The van der Waals surface area contributed by atoms with E-state index < -0.39 is 7.60 Å². The molecule has 0 saturated heterocycles. The van der Waals surface area contributed by atoms with E-state index in [2.05, 4.69) is 62.4 Å². The summed E-state index contributed by atoms with van der Waals surface area (Å²) in [7, 11) is -4.26. The molecule has 0 spiro atoms. The van der Waals surface area contributed by atoms with Crippen molar-refractivity contribution in [1.29, 1.82) is 5.26 Å². The second-order valence-electron chi connectivity index (χ2n) is 11.8. The highest BCUT2D eigenvalue weighted by molar-refractivity contribution is 7.67. The summed E-state index contributed by atoms with van der Waals surface area (Å²) in [4.78, 5) is 32.1. The number of aryl methyl sites for hydroxylation is 2. The van der Waals surface area contributed by atoms with Gasteiger partial charge in [-0.15, -0.1) is 68.0 Å². The molecule has 0 aromatic carbocycles. The van der Waals surface area contributed by atoms with Crippen LogP contribution >= 0.6 is 75.6 Å². The third kappa shape index (κ3) is 8.40. The van der Waals surface area contributed by atoms with Crippen molar-refractivity contribution in [1.82, 2.24) is 0 Å². The standard InChI is InChI=1S/C37H38NO3PS6/c1-3-5-7-9-11-24-21-33(47-36(24)31-17-15-28(44-31)27-14-13-26(23-38)43-27)34-22-25(12-10-8-6-4-2)37(48-34)32-18-16-29(45-32)30-19-20-35(46-30)42(39,40)41/h13-22H,3-12H2,1-2H3,(H2,39,40,41). The summed E-state index contributed by atoms with van der Waals surface area (Å²) in [5, 5.41) is 9.34. The lowest BCUT2D eigenvalue weighted by molar-refractivity contribution is 0.388. The summed E-state index contributed by atoms with van der Waals surface area (Å²) < 4.78 is 11.9.